The molecule has 0 spiro atoms. The molecule has 0 aliphatic rings. The number of nitrogens with one attached hydrogen (secondary N) is 2. The van der Waals surface area contributed by atoms with Crippen LogP contribution in [0.5, 0.6) is 0 Å². The van der Waals surface area contributed by atoms with Crippen molar-refractivity contribution in [3.05, 3.63) is 0 Å². The van der Waals surface area contributed by atoms with E-state index < -0.39 is 10.1 Å². The van der Waals surface area contributed by atoms with Crippen molar-refractivity contribution in [2.24, 2.45) is 5.92 Å². The van der Waals surface area contributed by atoms with Gasteiger partial charge in [-0.15, -0.1) is 0 Å². The molecule has 0 heterocycles. The Balaban J connectivity index is 4.17. The zero-order chi connectivity index (χ0) is 14.3. The number of rotatable bonds is 8. The van der Waals surface area contributed by atoms with Crippen LogP contribution in [0.25, 0.3) is 0 Å². The maximum absolute atomic E-state index is 11.8. The molecule has 6 nitrogen and oxygen atoms in total. The van der Waals surface area contributed by atoms with E-state index in [1.54, 1.807) is 0 Å². The van der Waals surface area contributed by atoms with Gasteiger partial charge < -0.3 is 10.6 Å². The molecule has 0 fully saturated rings. The fourth-order valence-electron chi connectivity index (χ4n) is 1.52. The standard InChI is InChI=1S/C11H24N2O4S/c1-8(2)10(11(14)13-9(3)4)12-6-5-7-18(15,16)17/h8-10,12H,5-7H2,1-4H3,(H,13,14)(H,15,16,17)/t10-/m1/s1. The van der Waals surface area contributed by atoms with Gasteiger partial charge in [-0.3, -0.25) is 9.35 Å². The minimum absolute atomic E-state index is 0.0679. The van der Waals surface area contributed by atoms with Crippen LogP contribution in [0.2, 0.25) is 0 Å². The summed E-state index contributed by atoms with van der Waals surface area (Å²) in [5, 5.41) is 5.82. The Morgan fingerprint density at radius 2 is 1.78 bits per heavy atom. The lowest BCUT2D eigenvalue weighted by molar-refractivity contribution is -0.124. The number of carbonyl (C=O) groups excluding carboxylic acids is 1. The fraction of sp³-hybridized carbons (Fsp3) is 0.909. The van der Waals surface area contributed by atoms with Crippen molar-refractivity contribution in [2.75, 3.05) is 12.3 Å². The molecule has 0 aromatic rings. The highest BCUT2D eigenvalue weighted by molar-refractivity contribution is 7.85. The molecular formula is C11H24N2O4S. The quantitative estimate of drug-likeness (QED) is 0.442. The van der Waals surface area contributed by atoms with E-state index in [2.05, 4.69) is 10.6 Å². The highest BCUT2D eigenvalue weighted by Crippen LogP contribution is 2.02. The van der Waals surface area contributed by atoms with Gasteiger partial charge in [-0.2, -0.15) is 8.42 Å². The molecule has 1 amide bonds. The smallest absolute Gasteiger partial charge is 0.264 e. The molecule has 0 aliphatic carbocycles. The number of hydrogen-bond acceptors (Lipinski definition) is 4. The lowest BCUT2D eigenvalue weighted by Gasteiger charge is -2.22. The van der Waals surface area contributed by atoms with E-state index in [1.807, 2.05) is 27.7 Å². The van der Waals surface area contributed by atoms with E-state index >= 15 is 0 Å². The Labute approximate surface area is 109 Å². The summed E-state index contributed by atoms with van der Waals surface area (Å²) in [5.41, 5.74) is 0. The van der Waals surface area contributed by atoms with E-state index in [4.69, 9.17) is 4.55 Å². The van der Waals surface area contributed by atoms with E-state index in [0.29, 0.717) is 6.54 Å². The molecule has 1 atom stereocenters. The summed E-state index contributed by atoms with van der Waals surface area (Å²) in [4.78, 5) is 11.8. The Morgan fingerprint density at radius 3 is 2.17 bits per heavy atom. The van der Waals surface area contributed by atoms with Gasteiger partial charge in [0.15, 0.2) is 0 Å². The molecule has 0 bridgehead atoms. The van der Waals surface area contributed by atoms with Crippen molar-refractivity contribution in [3.8, 4) is 0 Å². The van der Waals surface area contributed by atoms with E-state index in [0.717, 1.165) is 0 Å². The first-order valence-electron chi connectivity index (χ1n) is 6.12. The van der Waals surface area contributed by atoms with Gasteiger partial charge in [0.05, 0.1) is 11.8 Å². The van der Waals surface area contributed by atoms with Crippen LogP contribution in [0.4, 0.5) is 0 Å². The number of amides is 1. The maximum atomic E-state index is 11.8. The first-order chi connectivity index (χ1) is 8.13. The molecule has 0 saturated carbocycles. The summed E-state index contributed by atoms with van der Waals surface area (Å²) in [6, 6.07) is -0.285. The van der Waals surface area contributed by atoms with Crippen molar-refractivity contribution >= 4 is 16.0 Å². The largest absolute Gasteiger partial charge is 0.353 e. The fourth-order valence-corrected chi connectivity index (χ4v) is 2.03. The van der Waals surface area contributed by atoms with Crippen molar-refractivity contribution in [2.45, 2.75) is 46.2 Å². The number of hydrogen-bond donors (Lipinski definition) is 3. The van der Waals surface area contributed by atoms with Crippen LogP contribution >= 0.6 is 0 Å². The van der Waals surface area contributed by atoms with Gasteiger partial charge in [0.2, 0.25) is 5.91 Å². The van der Waals surface area contributed by atoms with Crippen LogP contribution in [0, 0.1) is 5.92 Å². The van der Waals surface area contributed by atoms with Gasteiger partial charge in [-0.25, -0.2) is 0 Å². The van der Waals surface area contributed by atoms with Crippen molar-refractivity contribution < 1.29 is 17.8 Å². The normalized spacial score (nSPS) is 13.9. The zero-order valence-electron chi connectivity index (χ0n) is 11.4. The minimum Gasteiger partial charge on any atom is -0.353 e. The molecule has 0 aromatic carbocycles. The lowest BCUT2D eigenvalue weighted by atomic mass is 10.0. The third-order valence-corrected chi connectivity index (χ3v) is 3.13. The van der Waals surface area contributed by atoms with Crippen molar-refractivity contribution in [3.63, 3.8) is 0 Å². The highest BCUT2D eigenvalue weighted by atomic mass is 32.2. The second-order valence-electron chi connectivity index (χ2n) is 4.98. The molecule has 3 N–H and O–H groups in total. The molecule has 0 saturated heterocycles. The third kappa shape index (κ3) is 8.43. The molecular weight excluding hydrogens is 256 g/mol. The predicted octanol–water partition coefficient (Wildman–Crippen LogP) is 0.403. The summed E-state index contributed by atoms with van der Waals surface area (Å²) in [7, 11) is -3.92. The first kappa shape index (κ1) is 17.3. The van der Waals surface area contributed by atoms with Gasteiger partial charge in [0.25, 0.3) is 10.1 Å². The molecule has 18 heavy (non-hydrogen) atoms. The molecule has 0 rings (SSSR count). The second kappa shape index (κ2) is 7.70. The second-order valence-corrected chi connectivity index (χ2v) is 6.55. The van der Waals surface area contributed by atoms with Crippen LogP contribution in [0.15, 0.2) is 0 Å². The first-order valence-corrected chi connectivity index (χ1v) is 7.73. The summed E-state index contributed by atoms with van der Waals surface area (Å²) < 4.78 is 29.7. The summed E-state index contributed by atoms with van der Waals surface area (Å²) in [6.07, 6.45) is 0.275. The SMILES string of the molecule is CC(C)NC(=O)[C@H](NCCCS(=O)(=O)O)C(C)C. The molecule has 0 unspecified atom stereocenters. The molecule has 0 aliphatic heterocycles. The number of carbonyl (C=O) groups is 1. The summed E-state index contributed by atoms with van der Waals surface area (Å²) >= 11 is 0. The summed E-state index contributed by atoms with van der Waals surface area (Å²) in [5.74, 6) is -0.280. The van der Waals surface area contributed by atoms with E-state index in [-0.39, 0.29) is 36.1 Å². The van der Waals surface area contributed by atoms with Crippen molar-refractivity contribution in [1.29, 1.82) is 0 Å². The molecule has 108 valence electrons. The van der Waals surface area contributed by atoms with Gasteiger partial charge >= 0.3 is 0 Å². The highest BCUT2D eigenvalue weighted by Gasteiger charge is 2.21. The Kier molecular flexibility index (Phi) is 7.42. The van der Waals surface area contributed by atoms with Crippen LogP contribution in [-0.4, -0.2) is 43.3 Å². The average molecular weight is 280 g/mol. The Morgan fingerprint density at radius 1 is 1.22 bits per heavy atom. The molecule has 0 aromatic heterocycles. The topological polar surface area (TPSA) is 95.5 Å². The van der Waals surface area contributed by atoms with Gasteiger partial charge in [-0.05, 0) is 32.7 Å². The van der Waals surface area contributed by atoms with Gasteiger partial charge in [0, 0.05) is 6.04 Å². The van der Waals surface area contributed by atoms with Gasteiger partial charge in [-0.1, -0.05) is 13.8 Å². The minimum atomic E-state index is -3.92. The lowest BCUT2D eigenvalue weighted by Crippen LogP contribution is -2.49. The van der Waals surface area contributed by atoms with E-state index in [1.165, 1.54) is 0 Å². The monoisotopic (exact) mass is 280 g/mol. The van der Waals surface area contributed by atoms with Crippen LogP contribution in [0.1, 0.15) is 34.1 Å². The zero-order valence-corrected chi connectivity index (χ0v) is 12.3. The molecule has 0 radical (unpaired) electrons. The maximum Gasteiger partial charge on any atom is 0.264 e. The Bertz CT molecular complexity index is 352. The predicted molar refractivity (Wildman–Crippen MR) is 70.9 cm³/mol. The van der Waals surface area contributed by atoms with Crippen molar-refractivity contribution in [1.82, 2.24) is 10.6 Å². The molecule has 7 heteroatoms. The van der Waals surface area contributed by atoms with Crippen LogP contribution < -0.4 is 10.6 Å². The average Bonchev–Trinajstić information content (AvgIpc) is 2.13. The van der Waals surface area contributed by atoms with Crippen LogP contribution in [0.3, 0.4) is 0 Å². The Hall–Kier alpha value is -0.660. The third-order valence-electron chi connectivity index (χ3n) is 2.32. The summed E-state index contributed by atoms with van der Waals surface area (Å²) in [6.45, 7) is 7.97. The van der Waals surface area contributed by atoms with Gasteiger partial charge in [0.1, 0.15) is 0 Å². The van der Waals surface area contributed by atoms with E-state index in [9.17, 15) is 13.2 Å². The van der Waals surface area contributed by atoms with Crippen LogP contribution in [-0.2, 0) is 14.9 Å².